The van der Waals surface area contributed by atoms with E-state index in [0.29, 0.717) is 18.1 Å². The van der Waals surface area contributed by atoms with Crippen molar-refractivity contribution >= 4 is 17.8 Å². The normalized spacial score (nSPS) is 11.0. The minimum Gasteiger partial charge on any atom is -0.465 e. The minimum atomic E-state index is -0.226. The van der Waals surface area contributed by atoms with Gasteiger partial charge in [0, 0.05) is 12.1 Å². The molecule has 1 N–H and O–H groups in total. The number of carbonyl (C=O) groups excluding carboxylic acids is 1. The molecular weight excluding hydrogens is 290 g/mol. The van der Waals surface area contributed by atoms with Crippen LogP contribution in [0.25, 0.3) is 6.08 Å². The summed E-state index contributed by atoms with van der Waals surface area (Å²) < 4.78 is 6.94. The van der Waals surface area contributed by atoms with Crippen molar-refractivity contribution in [2.45, 2.75) is 13.5 Å². The molecule has 0 radical (unpaired) electrons. The number of benzene rings is 1. The molecule has 23 heavy (non-hydrogen) atoms. The topological polar surface area (TPSA) is 60.1 Å². The Morgan fingerprint density at radius 1 is 1.26 bits per heavy atom. The summed E-state index contributed by atoms with van der Waals surface area (Å²) in [7, 11) is 0. The standard InChI is InChI=1S/C18H17N3O2/c1-14-12-17(19-18(22)10-9-16-8-5-11-23-16)21(20-14)13-15-6-3-2-4-7-15/h2-12H,13H2,1H3,(H,19,22)/b10-9+. The SMILES string of the molecule is Cc1cc(NC(=O)/C=C/c2ccco2)n(Cc2ccccc2)n1. The maximum atomic E-state index is 12.0. The summed E-state index contributed by atoms with van der Waals surface area (Å²) in [5, 5.41) is 7.28. The number of nitrogens with one attached hydrogen (secondary N) is 1. The highest BCUT2D eigenvalue weighted by Crippen LogP contribution is 2.13. The summed E-state index contributed by atoms with van der Waals surface area (Å²) in [5.41, 5.74) is 1.98. The maximum absolute atomic E-state index is 12.0. The van der Waals surface area contributed by atoms with Crippen LogP contribution in [0.2, 0.25) is 0 Å². The molecule has 2 heterocycles. The lowest BCUT2D eigenvalue weighted by Gasteiger charge is -2.07. The van der Waals surface area contributed by atoms with Crippen molar-refractivity contribution in [2.75, 3.05) is 5.32 Å². The molecule has 0 aliphatic rings. The molecule has 0 saturated carbocycles. The van der Waals surface area contributed by atoms with Gasteiger partial charge in [0.15, 0.2) is 0 Å². The van der Waals surface area contributed by atoms with Crippen LogP contribution < -0.4 is 5.32 Å². The highest BCUT2D eigenvalue weighted by atomic mass is 16.3. The quantitative estimate of drug-likeness (QED) is 0.734. The predicted molar refractivity (Wildman–Crippen MR) is 88.9 cm³/mol. The van der Waals surface area contributed by atoms with Crippen LogP contribution in [-0.4, -0.2) is 15.7 Å². The number of anilines is 1. The predicted octanol–water partition coefficient (Wildman–Crippen LogP) is 3.48. The zero-order chi connectivity index (χ0) is 16.1. The Labute approximate surface area is 134 Å². The van der Waals surface area contributed by atoms with Crippen LogP contribution in [0.5, 0.6) is 0 Å². The summed E-state index contributed by atoms with van der Waals surface area (Å²) in [6.07, 6.45) is 4.63. The van der Waals surface area contributed by atoms with E-state index in [1.54, 1.807) is 29.2 Å². The molecule has 0 aliphatic heterocycles. The maximum Gasteiger partial charge on any atom is 0.249 e. The number of furan rings is 1. The molecule has 0 unspecified atom stereocenters. The second-order valence-corrected chi connectivity index (χ2v) is 5.15. The van der Waals surface area contributed by atoms with E-state index >= 15 is 0 Å². The van der Waals surface area contributed by atoms with Gasteiger partial charge in [0.2, 0.25) is 5.91 Å². The average molecular weight is 307 g/mol. The Balaban J connectivity index is 1.71. The van der Waals surface area contributed by atoms with Crippen molar-refractivity contribution in [3.63, 3.8) is 0 Å². The van der Waals surface area contributed by atoms with Gasteiger partial charge in [0.05, 0.1) is 18.5 Å². The number of hydrogen-bond acceptors (Lipinski definition) is 3. The van der Waals surface area contributed by atoms with Crippen molar-refractivity contribution in [1.82, 2.24) is 9.78 Å². The molecule has 0 atom stereocenters. The van der Waals surface area contributed by atoms with Crippen LogP contribution in [-0.2, 0) is 11.3 Å². The summed E-state index contributed by atoms with van der Waals surface area (Å²) in [6, 6.07) is 15.4. The molecule has 0 bridgehead atoms. The summed E-state index contributed by atoms with van der Waals surface area (Å²) in [6.45, 7) is 2.50. The summed E-state index contributed by atoms with van der Waals surface area (Å²) in [5.74, 6) is 1.07. The third kappa shape index (κ3) is 3.97. The molecule has 3 rings (SSSR count). The van der Waals surface area contributed by atoms with Gasteiger partial charge >= 0.3 is 0 Å². The molecular formula is C18H17N3O2. The Kier molecular flexibility index (Phi) is 4.38. The third-order valence-corrected chi connectivity index (χ3v) is 3.27. The molecule has 2 aromatic heterocycles. The fourth-order valence-corrected chi connectivity index (χ4v) is 2.23. The van der Waals surface area contributed by atoms with E-state index in [2.05, 4.69) is 10.4 Å². The first kappa shape index (κ1) is 14.8. The van der Waals surface area contributed by atoms with Crippen LogP contribution >= 0.6 is 0 Å². The number of aromatic nitrogens is 2. The van der Waals surface area contributed by atoms with E-state index < -0.39 is 0 Å². The lowest BCUT2D eigenvalue weighted by molar-refractivity contribution is -0.111. The lowest BCUT2D eigenvalue weighted by atomic mass is 10.2. The Hall–Kier alpha value is -3.08. The van der Waals surface area contributed by atoms with E-state index in [9.17, 15) is 4.79 Å². The van der Waals surface area contributed by atoms with E-state index in [0.717, 1.165) is 11.3 Å². The number of carbonyl (C=O) groups is 1. The molecule has 3 aromatic rings. The summed E-state index contributed by atoms with van der Waals surface area (Å²) in [4.78, 5) is 12.0. The van der Waals surface area contributed by atoms with Crippen molar-refractivity contribution in [1.29, 1.82) is 0 Å². The first-order chi connectivity index (χ1) is 11.2. The highest BCUT2D eigenvalue weighted by molar-refractivity contribution is 6.01. The van der Waals surface area contributed by atoms with Crippen LogP contribution in [0, 0.1) is 6.92 Å². The van der Waals surface area contributed by atoms with Gasteiger partial charge in [-0.1, -0.05) is 30.3 Å². The molecule has 1 amide bonds. The van der Waals surface area contributed by atoms with E-state index in [1.807, 2.05) is 43.3 Å². The highest BCUT2D eigenvalue weighted by Gasteiger charge is 2.08. The first-order valence-electron chi connectivity index (χ1n) is 7.32. The van der Waals surface area contributed by atoms with Crippen molar-refractivity contribution in [3.8, 4) is 0 Å². The monoisotopic (exact) mass is 307 g/mol. The number of nitrogens with zero attached hydrogens (tertiary/aromatic N) is 2. The summed E-state index contributed by atoms with van der Waals surface area (Å²) >= 11 is 0. The number of rotatable bonds is 5. The minimum absolute atomic E-state index is 0.226. The third-order valence-electron chi connectivity index (χ3n) is 3.27. The molecule has 116 valence electrons. The lowest BCUT2D eigenvalue weighted by Crippen LogP contribution is -2.13. The molecule has 1 aromatic carbocycles. The Bertz CT molecular complexity index is 802. The van der Waals surface area contributed by atoms with Gasteiger partial charge in [-0.25, -0.2) is 4.68 Å². The zero-order valence-electron chi connectivity index (χ0n) is 12.8. The Morgan fingerprint density at radius 3 is 2.83 bits per heavy atom. The number of amides is 1. The second kappa shape index (κ2) is 6.79. The fourth-order valence-electron chi connectivity index (χ4n) is 2.23. The van der Waals surface area contributed by atoms with Crippen LogP contribution in [0.3, 0.4) is 0 Å². The van der Waals surface area contributed by atoms with E-state index in [1.165, 1.54) is 6.08 Å². The van der Waals surface area contributed by atoms with E-state index in [4.69, 9.17) is 4.42 Å². The van der Waals surface area contributed by atoms with Gasteiger partial charge in [-0.2, -0.15) is 5.10 Å². The second-order valence-electron chi connectivity index (χ2n) is 5.15. The largest absolute Gasteiger partial charge is 0.465 e. The van der Waals surface area contributed by atoms with Crippen molar-refractivity contribution < 1.29 is 9.21 Å². The van der Waals surface area contributed by atoms with Gasteiger partial charge < -0.3 is 9.73 Å². The van der Waals surface area contributed by atoms with E-state index in [-0.39, 0.29) is 5.91 Å². The van der Waals surface area contributed by atoms with Crippen LogP contribution in [0.15, 0.2) is 65.3 Å². The van der Waals surface area contributed by atoms with Crippen LogP contribution in [0.1, 0.15) is 17.0 Å². The number of hydrogen-bond donors (Lipinski definition) is 1. The van der Waals surface area contributed by atoms with Gasteiger partial charge in [-0.05, 0) is 30.7 Å². The zero-order valence-corrected chi connectivity index (χ0v) is 12.8. The number of aryl methyl sites for hydroxylation is 1. The molecule has 5 heteroatoms. The van der Waals surface area contributed by atoms with Crippen molar-refractivity contribution in [2.24, 2.45) is 0 Å². The fraction of sp³-hybridized carbons (Fsp3) is 0.111. The smallest absolute Gasteiger partial charge is 0.249 e. The van der Waals surface area contributed by atoms with Crippen LogP contribution in [0.4, 0.5) is 5.82 Å². The molecule has 0 spiro atoms. The van der Waals surface area contributed by atoms with Gasteiger partial charge in [0.1, 0.15) is 11.6 Å². The molecule has 5 nitrogen and oxygen atoms in total. The molecule has 0 fully saturated rings. The van der Waals surface area contributed by atoms with Gasteiger partial charge in [-0.15, -0.1) is 0 Å². The Morgan fingerprint density at radius 2 is 2.09 bits per heavy atom. The average Bonchev–Trinajstić information content (AvgIpc) is 3.17. The molecule has 0 aliphatic carbocycles. The van der Waals surface area contributed by atoms with Gasteiger partial charge in [0.25, 0.3) is 0 Å². The van der Waals surface area contributed by atoms with Crippen molar-refractivity contribution in [3.05, 3.63) is 77.9 Å². The van der Waals surface area contributed by atoms with Gasteiger partial charge in [-0.3, -0.25) is 4.79 Å². The molecule has 0 saturated heterocycles. The first-order valence-corrected chi connectivity index (χ1v) is 7.32.